The van der Waals surface area contributed by atoms with Gasteiger partial charge in [0.15, 0.2) is 5.09 Å². The molecule has 2 heteroatoms. The van der Waals surface area contributed by atoms with E-state index in [0.29, 0.717) is 0 Å². The van der Waals surface area contributed by atoms with Crippen molar-refractivity contribution in [3.05, 3.63) is 42.2 Å². The fourth-order valence-electron chi connectivity index (χ4n) is 1.46. The van der Waals surface area contributed by atoms with Crippen LogP contribution in [0.3, 0.4) is 0 Å². The minimum absolute atomic E-state index is 0.973. The van der Waals surface area contributed by atoms with Crippen molar-refractivity contribution in [1.29, 1.82) is 0 Å². The van der Waals surface area contributed by atoms with E-state index < -0.39 is 0 Å². The summed E-state index contributed by atoms with van der Waals surface area (Å²) >= 11 is 1.63. The van der Waals surface area contributed by atoms with E-state index in [-0.39, 0.29) is 0 Å². The zero-order chi connectivity index (χ0) is 9.97. The van der Waals surface area contributed by atoms with Crippen LogP contribution in [0, 0.1) is 6.92 Å². The normalized spacial score (nSPS) is 10.4. The first-order valence-corrected chi connectivity index (χ1v) is 5.73. The van der Waals surface area contributed by atoms with Crippen LogP contribution in [-0.4, -0.2) is 6.26 Å². The van der Waals surface area contributed by atoms with E-state index in [2.05, 4.69) is 18.2 Å². The van der Waals surface area contributed by atoms with Gasteiger partial charge in [-0.2, -0.15) is 0 Å². The van der Waals surface area contributed by atoms with Crippen molar-refractivity contribution in [1.82, 2.24) is 0 Å². The summed E-state index contributed by atoms with van der Waals surface area (Å²) in [5, 5.41) is 0.973. The SMILES string of the molecule is CSc1cc(-c2ccccc2)c(C)o1. The molecule has 1 nitrogen and oxygen atoms in total. The summed E-state index contributed by atoms with van der Waals surface area (Å²) in [5.41, 5.74) is 2.41. The van der Waals surface area contributed by atoms with Crippen molar-refractivity contribution in [2.45, 2.75) is 12.0 Å². The molecule has 0 saturated heterocycles. The van der Waals surface area contributed by atoms with Gasteiger partial charge < -0.3 is 4.42 Å². The molecule has 72 valence electrons. The van der Waals surface area contributed by atoms with Crippen molar-refractivity contribution in [2.75, 3.05) is 6.26 Å². The van der Waals surface area contributed by atoms with Crippen LogP contribution in [0.5, 0.6) is 0 Å². The summed E-state index contributed by atoms with van der Waals surface area (Å²) in [6.45, 7) is 2.00. The van der Waals surface area contributed by atoms with Gasteiger partial charge in [-0.3, -0.25) is 0 Å². The van der Waals surface area contributed by atoms with Crippen LogP contribution in [0.4, 0.5) is 0 Å². The molecule has 0 aliphatic carbocycles. The Morgan fingerprint density at radius 2 is 1.86 bits per heavy atom. The van der Waals surface area contributed by atoms with Crippen molar-refractivity contribution in [2.24, 2.45) is 0 Å². The molecule has 0 saturated carbocycles. The van der Waals surface area contributed by atoms with Gasteiger partial charge >= 0.3 is 0 Å². The Hall–Kier alpha value is -1.15. The summed E-state index contributed by atoms with van der Waals surface area (Å²) in [5.74, 6) is 0.987. The molecule has 1 aromatic heterocycles. The summed E-state index contributed by atoms with van der Waals surface area (Å²) in [6.07, 6.45) is 2.02. The minimum atomic E-state index is 0.973. The molecular formula is C12H12OS. The second-order valence-electron chi connectivity index (χ2n) is 3.11. The molecule has 0 amide bonds. The molecule has 0 atom stereocenters. The molecule has 0 fully saturated rings. The molecule has 14 heavy (non-hydrogen) atoms. The van der Waals surface area contributed by atoms with E-state index in [9.17, 15) is 0 Å². The third-order valence-electron chi connectivity index (χ3n) is 2.18. The van der Waals surface area contributed by atoms with Crippen molar-refractivity contribution in [3.8, 4) is 11.1 Å². The second kappa shape index (κ2) is 3.93. The molecule has 0 aliphatic rings. The molecule has 0 aliphatic heterocycles. The van der Waals surface area contributed by atoms with Gasteiger partial charge in [0, 0.05) is 5.56 Å². The van der Waals surface area contributed by atoms with E-state index in [1.54, 1.807) is 11.8 Å². The zero-order valence-corrected chi connectivity index (χ0v) is 9.10. The van der Waals surface area contributed by atoms with Gasteiger partial charge in [-0.15, -0.1) is 0 Å². The Morgan fingerprint density at radius 3 is 2.43 bits per heavy atom. The number of thioether (sulfide) groups is 1. The number of benzene rings is 1. The molecule has 0 bridgehead atoms. The number of aryl methyl sites for hydroxylation is 1. The highest BCUT2D eigenvalue weighted by atomic mass is 32.2. The molecule has 0 spiro atoms. The topological polar surface area (TPSA) is 13.1 Å². The average Bonchev–Trinajstić information content (AvgIpc) is 2.61. The lowest BCUT2D eigenvalue weighted by atomic mass is 10.1. The Kier molecular flexibility index (Phi) is 2.64. The van der Waals surface area contributed by atoms with Crippen LogP contribution in [0.2, 0.25) is 0 Å². The van der Waals surface area contributed by atoms with Gasteiger partial charge in [0.05, 0.1) is 0 Å². The molecule has 1 aromatic carbocycles. The van der Waals surface area contributed by atoms with Crippen LogP contribution in [0.1, 0.15) is 5.76 Å². The highest BCUT2D eigenvalue weighted by Crippen LogP contribution is 2.30. The van der Waals surface area contributed by atoms with E-state index in [0.717, 1.165) is 10.9 Å². The van der Waals surface area contributed by atoms with Crippen molar-refractivity contribution in [3.63, 3.8) is 0 Å². The Labute approximate surface area is 88.1 Å². The first-order chi connectivity index (χ1) is 6.81. The number of hydrogen-bond acceptors (Lipinski definition) is 2. The molecule has 2 aromatic rings. The van der Waals surface area contributed by atoms with E-state index in [1.165, 1.54) is 11.1 Å². The molecule has 1 heterocycles. The maximum Gasteiger partial charge on any atom is 0.160 e. The maximum absolute atomic E-state index is 5.58. The number of hydrogen-bond donors (Lipinski definition) is 0. The van der Waals surface area contributed by atoms with Gasteiger partial charge in [-0.1, -0.05) is 42.1 Å². The number of furan rings is 1. The highest BCUT2D eigenvalue weighted by molar-refractivity contribution is 7.98. The van der Waals surface area contributed by atoms with E-state index >= 15 is 0 Å². The van der Waals surface area contributed by atoms with Crippen LogP contribution in [0.15, 0.2) is 45.9 Å². The lowest BCUT2D eigenvalue weighted by molar-refractivity contribution is 0.450. The van der Waals surface area contributed by atoms with Gasteiger partial charge in [0.25, 0.3) is 0 Å². The molecule has 0 radical (unpaired) electrons. The van der Waals surface area contributed by atoms with Crippen LogP contribution >= 0.6 is 11.8 Å². The van der Waals surface area contributed by atoms with Crippen LogP contribution < -0.4 is 0 Å². The Morgan fingerprint density at radius 1 is 1.14 bits per heavy atom. The molecule has 0 N–H and O–H groups in total. The first-order valence-electron chi connectivity index (χ1n) is 4.51. The summed E-state index contributed by atoms with van der Waals surface area (Å²) in [6, 6.07) is 12.4. The monoisotopic (exact) mass is 204 g/mol. The summed E-state index contributed by atoms with van der Waals surface area (Å²) < 4.78 is 5.58. The van der Waals surface area contributed by atoms with Gasteiger partial charge in [0.1, 0.15) is 5.76 Å². The fourth-order valence-corrected chi connectivity index (χ4v) is 1.90. The molecular weight excluding hydrogens is 192 g/mol. The maximum atomic E-state index is 5.58. The summed E-state index contributed by atoms with van der Waals surface area (Å²) in [7, 11) is 0. The third kappa shape index (κ3) is 1.70. The van der Waals surface area contributed by atoms with Crippen LogP contribution in [0.25, 0.3) is 11.1 Å². The minimum Gasteiger partial charge on any atom is -0.455 e. The zero-order valence-electron chi connectivity index (χ0n) is 8.28. The molecule has 0 unspecified atom stereocenters. The fraction of sp³-hybridized carbons (Fsp3) is 0.167. The van der Waals surface area contributed by atoms with Gasteiger partial charge in [-0.05, 0) is 24.8 Å². The van der Waals surface area contributed by atoms with Gasteiger partial charge in [-0.25, -0.2) is 0 Å². The third-order valence-corrected chi connectivity index (χ3v) is 2.78. The quantitative estimate of drug-likeness (QED) is 0.686. The Balaban J connectivity index is 2.46. The highest BCUT2D eigenvalue weighted by Gasteiger charge is 2.07. The van der Waals surface area contributed by atoms with Crippen molar-refractivity contribution < 1.29 is 4.42 Å². The smallest absolute Gasteiger partial charge is 0.160 e. The standard InChI is InChI=1S/C12H12OS/c1-9-11(8-12(13-9)14-2)10-6-4-3-5-7-10/h3-8H,1-2H3. The first kappa shape index (κ1) is 9.41. The number of rotatable bonds is 2. The van der Waals surface area contributed by atoms with Crippen molar-refractivity contribution >= 4 is 11.8 Å². The predicted octanol–water partition coefficient (Wildman–Crippen LogP) is 3.98. The Bertz CT molecular complexity index is 417. The second-order valence-corrected chi connectivity index (χ2v) is 3.92. The average molecular weight is 204 g/mol. The lowest BCUT2D eigenvalue weighted by Crippen LogP contribution is -1.74. The predicted molar refractivity (Wildman–Crippen MR) is 60.7 cm³/mol. The van der Waals surface area contributed by atoms with Crippen LogP contribution in [-0.2, 0) is 0 Å². The molecule has 2 rings (SSSR count). The van der Waals surface area contributed by atoms with E-state index in [1.807, 2.05) is 31.4 Å². The lowest BCUT2D eigenvalue weighted by Gasteiger charge is -1.96. The van der Waals surface area contributed by atoms with E-state index in [4.69, 9.17) is 4.42 Å². The summed E-state index contributed by atoms with van der Waals surface area (Å²) in [4.78, 5) is 0. The van der Waals surface area contributed by atoms with Gasteiger partial charge in [0.2, 0.25) is 0 Å². The largest absolute Gasteiger partial charge is 0.455 e.